The maximum Gasteiger partial charge on any atom is 0.222 e. The Morgan fingerprint density at radius 1 is 1.18 bits per heavy atom. The molecule has 2 heteroatoms. The fraction of sp³-hybridized carbons (Fsp3) is 0.933. The van der Waals surface area contributed by atoms with Crippen molar-refractivity contribution in [2.75, 3.05) is 6.54 Å². The molecular formula is C15H29NO. The fourth-order valence-electron chi connectivity index (χ4n) is 2.26. The Hall–Kier alpha value is -0.530. The van der Waals surface area contributed by atoms with E-state index in [1.54, 1.807) is 0 Å². The van der Waals surface area contributed by atoms with Gasteiger partial charge in [0.05, 0.1) is 0 Å². The van der Waals surface area contributed by atoms with Gasteiger partial charge in [-0.2, -0.15) is 0 Å². The van der Waals surface area contributed by atoms with Gasteiger partial charge >= 0.3 is 0 Å². The molecule has 0 unspecified atom stereocenters. The van der Waals surface area contributed by atoms with E-state index in [1.807, 2.05) is 0 Å². The van der Waals surface area contributed by atoms with Gasteiger partial charge in [-0.15, -0.1) is 0 Å². The third-order valence-corrected chi connectivity index (χ3v) is 3.36. The molecule has 0 aromatic carbocycles. The monoisotopic (exact) mass is 239 g/mol. The molecule has 0 spiro atoms. The first-order valence-corrected chi connectivity index (χ1v) is 7.44. The molecule has 1 saturated carbocycles. The Bertz CT molecular complexity index is 221. The first-order valence-electron chi connectivity index (χ1n) is 7.44. The number of rotatable bonds is 9. The molecule has 2 nitrogen and oxygen atoms in total. The third kappa shape index (κ3) is 6.09. The SMILES string of the molecule is CCCCCCCC(=O)N(CC(C)C)C1CC1. The summed E-state index contributed by atoms with van der Waals surface area (Å²) in [4.78, 5) is 14.3. The molecule has 0 bridgehead atoms. The summed E-state index contributed by atoms with van der Waals surface area (Å²) < 4.78 is 0. The quantitative estimate of drug-likeness (QED) is 0.557. The molecule has 0 atom stereocenters. The Balaban J connectivity index is 2.18. The maximum absolute atomic E-state index is 12.1. The normalized spacial score (nSPS) is 15.3. The van der Waals surface area contributed by atoms with Crippen molar-refractivity contribution in [2.24, 2.45) is 5.92 Å². The predicted octanol–water partition coefficient (Wildman–Crippen LogP) is 3.99. The molecule has 0 heterocycles. The van der Waals surface area contributed by atoms with Crippen molar-refractivity contribution in [1.82, 2.24) is 4.90 Å². The van der Waals surface area contributed by atoms with Crippen LogP contribution in [0.3, 0.4) is 0 Å². The molecule has 1 fully saturated rings. The molecule has 0 saturated heterocycles. The summed E-state index contributed by atoms with van der Waals surface area (Å²) in [5.74, 6) is 0.998. The van der Waals surface area contributed by atoms with Crippen molar-refractivity contribution < 1.29 is 4.79 Å². The van der Waals surface area contributed by atoms with Crippen LogP contribution in [0.1, 0.15) is 72.1 Å². The van der Waals surface area contributed by atoms with Crippen molar-refractivity contribution in [3.05, 3.63) is 0 Å². The summed E-state index contributed by atoms with van der Waals surface area (Å²) in [6, 6.07) is 0.584. The van der Waals surface area contributed by atoms with Crippen LogP contribution in [0.15, 0.2) is 0 Å². The highest BCUT2D eigenvalue weighted by Crippen LogP contribution is 2.28. The molecule has 1 aliphatic carbocycles. The summed E-state index contributed by atoms with van der Waals surface area (Å²) in [6.45, 7) is 7.58. The van der Waals surface area contributed by atoms with Gasteiger partial charge in [0, 0.05) is 19.0 Å². The smallest absolute Gasteiger partial charge is 0.222 e. The Morgan fingerprint density at radius 3 is 2.35 bits per heavy atom. The van der Waals surface area contributed by atoms with E-state index in [0.29, 0.717) is 17.9 Å². The van der Waals surface area contributed by atoms with Crippen molar-refractivity contribution in [3.8, 4) is 0 Å². The van der Waals surface area contributed by atoms with Crippen LogP contribution >= 0.6 is 0 Å². The number of unbranched alkanes of at least 4 members (excludes halogenated alkanes) is 4. The zero-order valence-corrected chi connectivity index (χ0v) is 11.9. The summed E-state index contributed by atoms with van der Waals surface area (Å²) in [5, 5.41) is 0. The molecular weight excluding hydrogens is 210 g/mol. The standard InChI is InChI=1S/C15H29NO/c1-4-5-6-7-8-9-15(17)16(12-13(2)3)14-10-11-14/h13-14H,4-12H2,1-3H3. The minimum absolute atomic E-state index is 0.401. The van der Waals surface area contributed by atoms with Crippen LogP contribution in [0.4, 0.5) is 0 Å². The molecule has 17 heavy (non-hydrogen) atoms. The van der Waals surface area contributed by atoms with Gasteiger partial charge in [-0.05, 0) is 25.2 Å². The zero-order chi connectivity index (χ0) is 12.7. The molecule has 0 aromatic heterocycles. The predicted molar refractivity (Wildman–Crippen MR) is 72.9 cm³/mol. The van der Waals surface area contributed by atoms with Gasteiger partial charge in [0.1, 0.15) is 0 Å². The highest BCUT2D eigenvalue weighted by Gasteiger charge is 2.32. The van der Waals surface area contributed by atoms with Gasteiger partial charge in [-0.25, -0.2) is 0 Å². The molecule has 0 N–H and O–H groups in total. The van der Waals surface area contributed by atoms with Gasteiger partial charge < -0.3 is 4.90 Å². The van der Waals surface area contributed by atoms with Crippen LogP contribution in [0.25, 0.3) is 0 Å². The van der Waals surface area contributed by atoms with Crippen LogP contribution < -0.4 is 0 Å². The van der Waals surface area contributed by atoms with Gasteiger partial charge in [0.25, 0.3) is 0 Å². The molecule has 0 aliphatic heterocycles. The lowest BCUT2D eigenvalue weighted by Gasteiger charge is -2.24. The lowest BCUT2D eigenvalue weighted by atomic mass is 10.1. The maximum atomic E-state index is 12.1. The Labute approximate surface area is 107 Å². The minimum Gasteiger partial charge on any atom is -0.339 e. The first kappa shape index (κ1) is 14.5. The molecule has 0 aromatic rings. The van der Waals surface area contributed by atoms with E-state index in [-0.39, 0.29) is 0 Å². The topological polar surface area (TPSA) is 20.3 Å². The van der Waals surface area contributed by atoms with Crippen molar-refractivity contribution >= 4 is 5.91 Å². The van der Waals surface area contributed by atoms with Gasteiger partial charge in [-0.1, -0.05) is 46.5 Å². The second kappa shape index (κ2) is 7.73. The molecule has 1 amide bonds. The summed E-state index contributed by atoms with van der Waals surface area (Å²) in [6.07, 6.45) is 9.41. The number of carbonyl (C=O) groups is 1. The van der Waals surface area contributed by atoms with E-state index in [9.17, 15) is 4.79 Å². The van der Waals surface area contributed by atoms with Crippen LogP contribution in [-0.4, -0.2) is 23.4 Å². The summed E-state index contributed by atoms with van der Waals surface area (Å²) in [7, 11) is 0. The van der Waals surface area contributed by atoms with Crippen LogP contribution in [0.2, 0.25) is 0 Å². The van der Waals surface area contributed by atoms with E-state index < -0.39 is 0 Å². The number of hydrogen-bond donors (Lipinski definition) is 0. The van der Waals surface area contributed by atoms with E-state index in [0.717, 1.165) is 19.4 Å². The van der Waals surface area contributed by atoms with Gasteiger partial charge in [0.15, 0.2) is 0 Å². The van der Waals surface area contributed by atoms with E-state index in [4.69, 9.17) is 0 Å². The van der Waals surface area contributed by atoms with Gasteiger partial charge in [0.2, 0.25) is 5.91 Å². The number of hydrogen-bond acceptors (Lipinski definition) is 1. The van der Waals surface area contributed by atoms with Gasteiger partial charge in [-0.3, -0.25) is 4.79 Å². The van der Waals surface area contributed by atoms with Crippen LogP contribution in [0, 0.1) is 5.92 Å². The van der Waals surface area contributed by atoms with E-state index in [2.05, 4.69) is 25.7 Å². The first-order chi connectivity index (χ1) is 8.15. The lowest BCUT2D eigenvalue weighted by Crippen LogP contribution is -2.35. The zero-order valence-electron chi connectivity index (χ0n) is 11.9. The summed E-state index contributed by atoms with van der Waals surface area (Å²) in [5.41, 5.74) is 0. The minimum atomic E-state index is 0.401. The van der Waals surface area contributed by atoms with Crippen molar-refractivity contribution in [1.29, 1.82) is 0 Å². The third-order valence-electron chi connectivity index (χ3n) is 3.36. The molecule has 0 radical (unpaired) electrons. The van der Waals surface area contributed by atoms with E-state index in [1.165, 1.54) is 38.5 Å². The average molecular weight is 239 g/mol. The largest absolute Gasteiger partial charge is 0.339 e. The number of nitrogens with zero attached hydrogens (tertiary/aromatic N) is 1. The fourth-order valence-corrected chi connectivity index (χ4v) is 2.26. The molecule has 1 rings (SSSR count). The molecule has 100 valence electrons. The second-order valence-electron chi connectivity index (χ2n) is 5.84. The Morgan fingerprint density at radius 2 is 1.82 bits per heavy atom. The van der Waals surface area contributed by atoms with Crippen molar-refractivity contribution in [2.45, 2.75) is 78.2 Å². The number of amides is 1. The highest BCUT2D eigenvalue weighted by atomic mass is 16.2. The average Bonchev–Trinajstić information content (AvgIpc) is 3.09. The van der Waals surface area contributed by atoms with Crippen LogP contribution in [-0.2, 0) is 4.79 Å². The number of carbonyl (C=O) groups excluding carboxylic acids is 1. The Kier molecular flexibility index (Phi) is 6.61. The summed E-state index contributed by atoms with van der Waals surface area (Å²) >= 11 is 0. The lowest BCUT2D eigenvalue weighted by molar-refractivity contribution is -0.132. The second-order valence-corrected chi connectivity index (χ2v) is 5.84. The van der Waals surface area contributed by atoms with Crippen molar-refractivity contribution in [3.63, 3.8) is 0 Å². The highest BCUT2D eigenvalue weighted by molar-refractivity contribution is 5.76. The van der Waals surface area contributed by atoms with E-state index >= 15 is 0 Å². The van der Waals surface area contributed by atoms with Crippen LogP contribution in [0.5, 0.6) is 0 Å². The molecule has 1 aliphatic rings.